The van der Waals surface area contributed by atoms with Crippen LogP contribution < -0.4 is 0 Å². The first-order valence-corrected chi connectivity index (χ1v) is 20.4. The van der Waals surface area contributed by atoms with E-state index in [1.54, 1.807) is 0 Å². The molecule has 15 aromatic rings. The first-order valence-electron chi connectivity index (χ1n) is 20.4. The molecular formula is C54H29N5O. The monoisotopic (exact) mass is 763 g/mol. The lowest BCUT2D eigenvalue weighted by molar-refractivity contribution is 0.661. The van der Waals surface area contributed by atoms with Crippen molar-refractivity contribution < 1.29 is 4.42 Å². The Balaban J connectivity index is 1.16. The van der Waals surface area contributed by atoms with Crippen molar-refractivity contribution >= 4 is 125 Å². The van der Waals surface area contributed by atoms with Gasteiger partial charge >= 0.3 is 0 Å². The maximum atomic E-state index is 6.89. The average Bonchev–Trinajstić information content (AvgIpc) is 4.10. The van der Waals surface area contributed by atoms with Gasteiger partial charge in [-0.3, -0.25) is 9.13 Å². The van der Waals surface area contributed by atoms with Crippen molar-refractivity contribution in [2.75, 3.05) is 0 Å². The second-order valence-electron chi connectivity index (χ2n) is 16.1. The molecule has 0 aliphatic rings. The van der Waals surface area contributed by atoms with Crippen LogP contribution in [-0.2, 0) is 0 Å². The smallest absolute Gasteiger partial charge is 0.237 e. The topological polar surface area (TPSA) is 53.2 Å². The summed E-state index contributed by atoms with van der Waals surface area (Å²) in [6.45, 7) is 0. The Hall–Kier alpha value is -8.22. The summed E-state index contributed by atoms with van der Waals surface area (Å²) >= 11 is 0. The standard InChI is InChI=1S/C54H29N5O/c1-2-15-32-28-45-38(27-31(32)14-1)40-29-39-34-17-5-9-21-41(34)59(51(39)48-36-19-7-10-22-42(36)57(45)50(40)48)53-52-49(37-20-8-12-24-46(37)60-52)55-54(56-53)58-43-23-11-6-18-35(43)47-33-16-4-3-13-30(33)25-26-44(47)58/h1-29H. The Labute approximate surface area is 339 Å². The first kappa shape index (κ1) is 30.9. The molecule has 15 rings (SSSR count). The van der Waals surface area contributed by atoms with Crippen LogP contribution in [-0.4, -0.2) is 23.5 Å². The van der Waals surface area contributed by atoms with Gasteiger partial charge in [-0.25, -0.2) is 4.98 Å². The number of hydrogen-bond donors (Lipinski definition) is 0. The summed E-state index contributed by atoms with van der Waals surface area (Å²) in [7, 11) is 0. The summed E-state index contributed by atoms with van der Waals surface area (Å²) < 4.78 is 14.0. The fraction of sp³-hybridized carbons (Fsp3) is 0. The van der Waals surface area contributed by atoms with E-state index in [1.165, 1.54) is 70.4 Å². The molecule has 6 heterocycles. The molecule has 6 heteroatoms. The van der Waals surface area contributed by atoms with Crippen LogP contribution in [0.5, 0.6) is 0 Å². The van der Waals surface area contributed by atoms with Crippen molar-refractivity contribution in [3.8, 4) is 11.8 Å². The third kappa shape index (κ3) is 3.71. The summed E-state index contributed by atoms with van der Waals surface area (Å²) in [6.07, 6.45) is 0. The Morgan fingerprint density at radius 3 is 1.80 bits per heavy atom. The number of hydrogen-bond acceptors (Lipinski definition) is 3. The lowest BCUT2D eigenvalue weighted by Gasteiger charge is -2.12. The van der Waals surface area contributed by atoms with Gasteiger partial charge in [0.15, 0.2) is 11.4 Å². The van der Waals surface area contributed by atoms with Crippen molar-refractivity contribution in [2.45, 2.75) is 0 Å². The van der Waals surface area contributed by atoms with Crippen LogP contribution in [0.25, 0.3) is 137 Å². The molecule has 0 aliphatic carbocycles. The minimum atomic E-state index is 0.593. The molecule has 0 atom stereocenters. The van der Waals surface area contributed by atoms with Gasteiger partial charge in [0.05, 0.1) is 38.6 Å². The lowest BCUT2D eigenvalue weighted by atomic mass is 10.0. The van der Waals surface area contributed by atoms with Crippen LogP contribution in [0, 0.1) is 0 Å². The number of nitrogens with zero attached hydrogens (tertiary/aromatic N) is 5. The summed E-state index contributed by atoms with van der Waals surface area (Å²) in [5.41, 5.74) is 10.1. The third-order valence-electron chi connectivity index (χ3n) is 13.1. The first-order chi connectivity index (χ1) is 29.8. The molecule has 0 N–H and O–H groups in total. The van der Waals surface area contributed by atoms with Gasteiger partial charge in [0.2, 0.25) is 5.95 Å². The van der Waals surface area contributed by atoms with Gasteiger partial charge in [0, 0.05) is 48.5 Å². The lowest BCUT2D eigenvalue weighted by Crippen LogP contribution is -2.06. The largest absolute Gasteiger partial charge is 0.450 e. The van der Waals surface area contributed by atoms with E-state index in [4.69, 9.17) is 14.4 Å². The molecule has 60 heavy (non-hydrogen) atoms. The molecule has 0 spiro atoms. The van der Waals surface area contributed by atoms with Gasteiger partial charge in [-0.15, -0.1) is 0 Å². The van der Waals surface area contributed by atoms with Crippen molar-refractivity contribution in [3.05, 3.63) is 176 Å². The quantitative estimate of drug-likeness (QED) is 0.176. The predicted octanol–water partition coefficient (Wildman–Crippen LogP) is 14.0. The number of para-hydroxylation sites is 4. The van der Waals surface area contributed by atoms with E-state index in [0.717, 1.165) is 49.3 Å². The second kappa shape index (κ2) is 10.8. The van der Waals surface area contributed by atoms with Gasteiger partial charge in [-0.05, 0) is 76.1 Å². The fourth-order valence-corrected chi connectivity index (χ4v) is 10.7. The minimum Gasteiger partial charge on any atom is -0.450 e. The Kier molecular flexibility index (Phi) is 5.57. The van der Waals surface area contributed by atoms with E-state index < -0.39 is 0 Å². The molecule has 0 saturated heterocycles. The minimum absolute atomic E-state index is 0.593. The average molecular weight is 764 g/mol. The SMILES string of the molecule is c1ccc2cc3c(cc2c1)c1cc2c4ccccc4n(-c4nc(-n5c6ccccc6c6c7ccccc7ccc65)nc5c4oc4ccccc45)c2c2c4ccccc4n3c12. The number of aromatic nitrogens is 5. The number of rotatable bonds is 2. The molecule has 0 unspecified atom stereocenters. The highest BCUT2D eigenvalue weighted by atomic mass is 16.3. The molecule has 6 aromatic heterocycles. The van der Waals surface area contributed by atoms with Crippen LogP contribution in [0.3, 0.4) is 0 Å². The van der Waals surface area contributed by atoms with Crippen molar-refractivity contribution in [1.82, 2.24) is 23.5 Å². The zero-order chi connectivity index (χ0) is 38.8. The number of furan rings is 1. The van der Waals surface area contributed by atoms with E-state index in [1.807, 2.05) is 12.1 Å². The number of benzene rings is 9. The molecule has 0 saturated carbocycles. The van der Waals surface area contributed by atoms with Crippen molar-refractivity contribution in [3.63, 3.8) is 0 Å². The van der Waals surface area contributed by atoms with Gasteiger partial charge < -0.3 is 8.82 Å². The summed E-state index contributed by atoms with van der Waals surface area (Å²) in [6, 6.07) is 63.3. The van der Waals surface area contributed by atoms with Crippen molar-refractivity contribution in [2.24, 2.45) is 0 Å². The van der Waals surface area contributed by atoms with Crippen LogP contribution in [0.2, 0.25) is 0 Å². The van der Waals surface area contributed by atoms with E-state index >= 15 is 0 Å². The maximum Gasteiger partial charge on any atom is 0.237 e. The molecule has 0 fully saturated rings. The van der Waals surface area contributed by atoms with Crippen LogP contribution >= 0.6 is 0 Å². The fourth-order valence-electron chi connectivity index (χ4n) is 10.7. The van der Waals surface area contributed by atoms with Gasteiger partial charge in [0.25, 0.3) is 0 Å². The van der Waals surface area contributed by atoms with Gasteiger partial charge in [-0.2, -0.15) is 4.98 Å². The third-order valence-corrected chi connectivity index (χ3v) is 13.1. The molecule has 0 aliphatic heterocycles. The molecule has 0 amide bonds. The van der Waals surface area contributed by atoms with E-state index in [9.17, 15) is 0 Å². The zero-order valence-corrected chi connectivity index (χ0v) is 31.9. The predicted molar refractivity (Wildman–Crippen MR) is 248 cm³/mol. The van der Waals surface area contributed by atoms with E-state index in [-0.39, 0.29) is 0 Å². The normalized spacial score (nSPS) is 12.7. The molecule has 6 nitrogen and oxygen atoms in total. The van der Waals surface area contributed by atoms with E-state index in [2.05, 4.69) is 177 Å². The Bertz CT molecular complexity index is 4370. The zero-order valence-electron chi connectivity index (χ0n) is 31.9. The second-order valence-corrected chi connectivity index (χ2v) is 16.1. The Morgan fingerprint density at radius 1 is 0.367 bits per heavy atom. The molecule has 0 radical (unpaired) electrons. The van der Waals surface area contributed by atoms with Crippen LogP contribution in [0.4, 0.5) is 0 Å². The van der Waals surface area contributed by atoms with Crippen LogP contribution in [0.15, 0.2) is 180 Å². The van der Waals surface area contributed by atoms with Crippen molar-refractivity contribution in [1.29, 1.82) is 0 Å². The Morgan fingerprint density at radius 2 is 0.983 bits per heavy atom. The molecule has 0 bridgehead atoms. The highest BCUT2D eigenvalue weighted by Crippen LogP contribution is 2.48. The summed E-state index contributed by atoms with van der Waals surface area (Å²) in [5.74, 6) is 1.30. The highest BCUT2D eigenvalue weighted by molar-refractivity contribution is 6.35. The van der Waals surface area contributed by atoms with Crippen LogP contribution in [0.1, 0.15) is 0 Å². The molecular weight excluding hydrogens is 735 g/mol. The molecule has 9 aromatic carbocycles. The summed E-state index contributed by atoms with van der Waals surface area (Å²) in [5, 5.41) is 15.4. The summed E-state index contributed by atoms with van der Waals surface area (Å²) in [4.78, 5) is 11.1. The highest BCUT2D eigenvalue weighted by Gasteiger charge is 2.28. The van der Waals surface area contributed by atoms with Gasteiger partial charge in [-0.1, -0.05) is 121 Å². The molecule has 276 valence electrons. The van der Waals surface area contributed by atoms with Gasteiger partial charge in [0.1, 0.15) is 11.1 Å². The maximum absolute atomic E-state index is 6.89. The number of fused-ring (bicyclic) bond motifs is 19. The van der Waals surface area contributed by atoms with E-state index in [0.29, 0.717) is 17.3 Å².